The Morgan fingerprint density at radius 3 is 2.89 bits per heavy atom. The Kier molecular flexibility index (Phi) is 3.53. The van der Waals surface area contributed by atoms with Gasteiger partial charge >= 0.3 is 0 Å². The Bertz CT molecular complexity index is 601. The number of nitrogens with zero attached hydrogens (tertiary/aromatic N) is 2. The van der Waals surface area contributed by atoms with Gasteiger partial charge in [-0.1, -0.05) is 17.7 Å². The van der Waals surface area contributed by atoms with Crippen LogP contribution in [0.4, 0.5) is 15.9 Å². The minimum absolute atomic E-state index is 0.288. The highest BCUT2D eigenvalue weighted by molar-refractivity contribution is 6.29. The minimum atomic E-state index is -0.531. The molecular weight excluding hydrogens is 255 g/mol. The molecule has 0 aromatic carbocycles. The zero-order valence-electron chi connectivity index (χ0n) is 9.54. The fourth-order valence-corrected chi connectivity index (χ4v) is 1.53. The van der Waals surface area contributed by atoms with Crippen molar-refractivity contribution in [2.24, 2.45) is 0 Å². The summed E-state index contributed by atoms with van der Waals surface area (Å²) in [6.07, 6.45) is 2.60. The fraction of sp³-hybridized carbons (Fsp3) is 0.0833. The van der Waals surface area contributed by atoms with Crippen molar-refractivity contribution in [1.29, 1.82) is 5.41 Å². The smallest absolute Gasteiger partial charge is 0.217 e. The zero-order valence-corrected chi connectivity index (χ0v) is 10.3. The van der Waals surface area contributed by atoms with E-state index in [0.29, 0.717) is 22.6 Å². The van der Waals surface area contributed by atoms with Crippen molar-refractivity contribution < 1.29 is 4.39 Å². The third-order valence-corrected chi connectivity index (χ3v) is 2.56. The third-order valence-electron chi connectivity index (χ3n) is 2.35. The molecule has 6 heteroatoms. The Morgan fingerprint density at radius 1 is 1.44 bits per heavy atom. The molecule has 0 aliphatic heterocycles. The van der Waals surface area contributed by atoms with E-state index in [2.05, 4.69) is 15.3 Å². The van der Waals surface area contributed by atoms with Crippen molar-refractivity contribution in [3.05, 3.63) is 46.6 Å². The molecule has 0 unspecified atom stereocenters. The second-order valence-corrected chi connectivity index (χ2v) is 4.06. The molecule has 0 spiro atoms. The Balaban J connectivity index is 2.35. The maximum absolute atomic E-state index is 13.3. The molecule has 0 radical (unpaired) electrons. The number of aromatic nitrogens is 2. The van der Waals surface area contributed by atoms with Crippen LogP contribution in [0.5, 0.6) is 0 Å². The van der Waals surface area contributed by atoms with E-state index < -0.39 is 5.95 Å². The molecule has 2 aromatic heterocycles. The fourth-order valence-electron chi connectivity index (χ4n) is 1.38. The van der Waals surface area contributed by atoms with Gasteiger partial charge in [0.25, 0.3) is 0 Å². The number of rotatable bonds is 3. The molecule has 0 saturated carbocycles. The van der Waals surface area contributed by atoms with Gasteiger partial charge in [-0.3, -0.25) is 0 Å². The molecule has 2 heterocycles. The molecule has 2 N–H and O–H groups in total. The lowest BCUT2D eigenvalue weighted by Gasteiger charge is -2.09. The predicted molar refractivity (Wildman–Crippen MR) is 69.3 cm³/mol. The van der Waals surface area contributed by atoms with Crippen LogP contribution in [0.1, 0.15) is 11.1 Å². The van der Waals surface area contributed by atoms with E-state index in [1.807, 2.05) is 0 Å². The van der Waals surface area contributed by atoms with Crippen LogP contribution >= 0.6 is 11.6 Å². The highest BCUT2D eigenvalue weighted by Crippen LogP contribution is 2.21. The molecule has 2 rings (SSSR count). The number of anilines is 2. The van der Waals surface area contributed by atoms with E-state index in [0.717, 1.165) is 6.21 Å². The van der Waals surface area contributed by atoms with Crippen LogP contribution < -0.4 is 5.32 Å². The summed E-state index contributed by atoms with van der Waals surface area (Å²) in [5, 5.41) is 10.4. The van der Waals surface area contributed by atoms with Gasteiger partial charge in [0.2, 0.25) is 5.95 Å². The Labute approximate surface area is 108 Å². The van der Waals surface area contributed by atoms with Crippen molar-refractivity contribution >= 4 is 29.3 Å². The number of hydrogen-bond acceptors (Lipinski definition) is 4. The summed E-state index contributed by atoms with van der Waals surface area (Å²) in [4.78, 5) is 7.62. The van der Waals surface area contributed by atoms with E-state index in [1.165, 1.54) is 6.20 Å². The summed E-state index contributed by atoms with van der Waals surface area (Å²) >= 11 is 5.78. The van der Waals surface area contributed by atoms with Gasteiger partial charge in [0.15, 0.2) is 0 Å². The second kappa shape index (κ2) is 5.10. The largest absolute Gasteiger partial charge is 0.339 e. The molecule has 0 saturated heterocycles. The highest BCUT2D eigenvalue weighted by atomic mass is 35.5. The maximum atomic E-state index is 13.3. The third kappa shape index (κ3) is 2.62. The van der Waals surface area contributed by atoms with Crippen LogP contribution in [0.15, 0.2) is 24.4 Å². The molecular formula is C12H10ClFN4. The summed E-state index contributed by atoms with van der Waals surface area (Å²) < 4.78 is 13.3. The molecule has 92 valence electrons. The van der Waals surface area contributed by atoms with Gasteiger partial charge in [-0.15, -0.1) is 0 Å². The lowest BCUT2D eigenvalue weighted by molar-refractivity contribution is 0.576. The Morgan fingerprint density at radius 2 is 2.22 bits per heavy atom. The van der Waals surface area contributed by atoms with Crippen molar-refractivity contribution in [1.82, 2.24) is 9.97 Å². The number of aryl methyl sites for hydroxylation is 1. The molecule has 2 aromatic rings. The summed E-state index contributed by atoms with van der Waals surface area (Å²) in [6.45, 7) is 1.64. The van der Waals surface area contributed by atoms with Gasteiger partial charge in [0, 0.05) is 23.5 Å². The molecule has 4 nitrogen and oxygen atoms in total. The van der Waals surface area contributed by atoms with E-state index in [9.17, 15) is 4.39 Å². The minimum Gasteiger partial charge on any atom is -0.339 e. The quantitative estimate of drug-likeness (QED) is 0.660. The topological polar surface area (TPSA) is 61.7 Å². The van der Waals surface area contributed by atoms with Crippen LogP contribution in [0.2, 0.25) is 5.15 Å². The van der Waals surface area contributed by atoms with E-state index in [1.54, 1.807) is 25.1 Å². The first kappa shape index (κ1) is 12.4. The number of nitrogens with one attached hydrogen (secondary N) is 2. The molecule has 0 atom stereocenters. The molecule has 0 aliphatic rings. The van der Waals surface area contributed by atoms with E-state index in [-0.39, 0.29) is 5.15 Å². The van der Waals surface area contributed by atoms with Crippen LogP contribution in [0.3, 0.4) is 0 Å². The van der Waals surface area contributed by atoms with Crippen LogP contribution in [-0.2, 0) is 0 Å². The first-order valence-electron chi connectivity index (χ1n) is 5.16. The van der Waals surface area contributed by atoms with E-state index in [4.69, 9.17) is 17.0 Å². The van der Waals surface area contributed by atoms with Gasteiger partial charge < -0.3 is 10.7 Å². The van der Waals surface area contributed by atoms with Crippen LogP contribution in [-0.4, -0.2) is 16.2 Å². The molecule has 0 aliphatic carbocycles. The van der Waals surface area contributed by atoms with Gasteiger partial charge in [-0.25, -0.2) is 9.97 Å². The summed E-state index contributed by atoms with van der Waals surface area (Å²) in [5.41, 5.74) is 1.57. The summed E-state index contributed by atoms with van der Waals surface area (Å²) in [6, 6.07) is 4.83. The zero-order chi connectivity index (χ0) is 13.1. The van der Waals surface area contributed by atoms with Gasteiger partial charge in [-0.2, -0.15) is 4.39 Å². The number of hydrogen-bond donors (Lipinski definition) is 2. The average Bonchev–Trinajstić information content (AvgIpc) is 2.34. The number of pyridine rings is 2. The summed E-state index contributed by atoms with van der Waals surface area (Å²) in [5.74, 6) is -0.181. The first-order valence-corrected chi connectivity index (χ1v) is 5.54. The monoisotopic (exact) mass is 264 g/mol. The first-order chi connectivity index (χ1) is 8.60. The normalized spacial score (nSPS) is 10.2. The van der Waals surface area contributed by atoms with Crippen molar-refractivity contribution in [3.63, 3.8) is 0 Å². The lowest BCUT2D eigenvalue weighted by atomic mass is 10.2. The van der Waals surface area contributed by atoms with Crippen molar-refractivity contribution in [2.75, 3.05) is 5.32 Å². The van der Waals surface area contributed by atoms with Crippen molar-refractivity contribution in [3.8, 4) is 0 Å². The lowest BCUT2D eigenvalue weighted by Crippen LogP contribution is -2.00. The maximum Gasteiger partial charge on any atom is 0.217 e. The predicted octanol–water partition coefficient (Wildman–Crippen LogP) is 3.32. The second-order valence-electron chi connectivity index (χ2n) is 3.67. The van der Waals surface area contributed by atoms with Crippen LogP contribution in [0.25, 0.3) is 0 Å². The summed E-state index contributed by atoms with van der Waals surface area (Å²) in [7, 11) is 0. The molecule has 0 bridgehead atoms. The standard InChI is InChI=1S/C12H10ClFN4/c1-7-2-3-11(18-12(7)14)17-9-4-10(13)16-6-8(9)5-15/h2-6,15H,1H3,(H,16,17,18). The molecule has 18 heavy (non-hydrogen) atoms. The van der Waals surface area contributed by atoms with Gasteiger partial charge in [-0.05, 0) is 19.1 Å². The van der Waals surface area contributed by atoms with Crippen molar-refractivity contribution in [2.45, 2.75) is 6.92 Å². The molecule has 0 amide bonds. The molecule has 0 fully saturated rings. The Hall–Kier alpha value is -2.01. The van der Waals surface area contributed by atoms with E-state index >= 15 is 0 Å². The van der Waals surface area contributed by atoms with Crippen LogP contribution in [0, 0.1) is 18.3 Å². The SMILES string of the molecule is Cc1ccc(Nc2cc(Cl)ncc2C=N)nc1F. The number of halogens is 2. The highest BCUT2D eigenvalue weighted by Gasteiger charge is 2.05. The van der Waals surface area contributed by atoms with Gasteiger partial charge in [0.05, 0.1) is 5.69 Å². The van der Waals surface area contributed by atoms with Gasteiger partial charge in [0.1, 0.15) is 11.0 Å². The average molecular weight is 265 g/mol.